The van der Waals surface area contributed by atoms with Gasteiger partial charge in [-0.05, 0) is 25.7 Å². The van der Waals surface area contributed by atoms with Crippen LogP contribution in [0.25, 0.3) is 0 Å². The maximum absolute atomic E-state index is 11.6. The highest BCUT2D eigenvalue weighted by Crippen LogP contribution is 2.57. The van der Waals surface area contributed by atoms with Gasteiger partial charge in [-0.15, -0.1) is 0 Å². The van der Waals surface area contributed by atoms with Crippen molar-refractivity contribution in [1.82, 2.24) is 5.32 Å². The fourth-order valence-corrected chi connectivity index (χ4v) is 3.46. The number of nitrogens with one attached hydrogen (secondary N) is 1. The monoisotopic (exact) mass is 403 g/mol. The first-order valence-corrected chi connectivity index (χ1v) is 8.50. The first-order chi connectivity index (χ1) is 12.9. The largest absolute Gasteiger partial charge is 0.504 e. The van der Waals surface area contributed by atoms with Crippen molar-refractivity contribution >= 4 is 5.91 Å². The molecule has 1 unspecified atom stereocenters. The molecular weight excluding hydrogens is 382 g/mol. The van der Waals surface area contributed by atoms with Gasteiger partial charge in [-0.2, -0.15) is 0 Å². The molecule has 1 atom stereocenters. The molecule has 1 aromatic carbocycles. The second-order valence-electron chi connectivity index (χ2n) is 6.81. The zero-order valence-corrected chi connectivity index (χ0v) is 14.5. The molecule has 2 fully saturated rings. The van der Waals surface area contributed by atoms with Gasteiger partial charge in [0.25, 0.3) is 11.7 Å². The Balaban J connectivity index is 2.16. The number of benzene rings is 1. The van der Waals surface area contributed by atoms with Crippen molar-refractivity contribution in [3.8, 4) is 28.7 Å². The average molecular weight is 403 g/mol. The van der Waals surface area contributed by atoms with E-state index in [1.807, 2.05) is 0 Å². The predicted octanol–water partition coefficient (Wildman–Crippen LogP) is -2.01. The number of ether oxygens (including phenoxy) is 2. The minimum Gasteiger partial charge on any atom is -0.504 e. The van der Waals surface area contributed by atoms with Crippen molar-refractivity contribution in [2.75, 3.05) is 6.54 Å². The van der Waals surface area contributed by atoms with Gasteiger partial charge < -0.3 is 55.6 Å². The smallest absolute Gasteiger partial charge is 0.453 e. The van der Waals surface area contributed by atoms with E-state index in [0.717, 1.165) is 12.8 Å². The number of phenolic OH excluding ortho intramolecular Hbond substituents is 3. The standard InChI is InChI=1S/C16H21NO11/c18-9-8(7-5-17-14(21)15(7,22)23)10(19)12(27-6-3-1-2-4-6)13(11(9)20)28-16(24,25)26/h6-7,18-20,22-26H,1-5H2,(H,17,21). The fraction of sp³-hybridized carbons (Fsp3) is 0.562. The maximum Gasteiger partial charge on any atom is 0.453 e. The van der Waals surface area contributed by atoms with E-state index in [4.69, 9.17) is 20.1 Å². The van der Waals surface area contributed by atoms with Crippen molar-refractivity contribution in [2.24, 2.45) is 0 Å². The zero-order valence-electron chi connectivity index (χ0n) is 14.5. The molecule has 1 aromatic rings. The molecule has 2 aliphatic rings. The lowest BCUT2D eigenvalue weighted by molar-refractivity contribution is -0.420. The molecule has 1 saturated heterocycles. The summed E-state index contributed by atoms with van der Waals surface area (Å²) in [6.45, 7) is -0.403. The van der Waals surface area contributed by atoms with Gasteiger partial charge in [0.05, 0.1) is 17.6 Å². The summed E-state index contributed by atoms with van der Waals surface area (Å²) in [5.41, 5.74) is -0.638. The second kappa shape index (κ2) is 6.83. The van der Waals surface area contributed by atoms with Crippen LogP contribution in [0.1, 0.15) is 37.2 Å². The second-order valence-corrected chi connectivity index (χ2v) is 6.81. The Morgan fingerprint density at radius 2 is 1.57 bits per heavy atom. The molecule has 12 nitrogen and oxygen atoms in total. The number of phenols is 3. The van der Waals surface area contributed by atoms with E-state index in [1.165, 1.54) is 0 Å². The third kappa shape index (κ3) is 3.47. The number of aliphatic hydroxyl groups is 5. The maximum atomic E-state index is 11.6. The van der Waals surface area contributed by atoms with E-state index in [9.17, 15) is 30.3 Å². The van der Waals surface area contributed by atoms with Crippen LogP contribution < -0.4 is 14.8 Å². The Hall–Kier alpha value is -2.51. The van der Waals surface area contributed by atoms with E-state index in [2.05, 4.69) is 10.1 Å². The predicted molar refractivity (Wildman–Crippen MR) is 87.3 cm³/mol. The third-order valence-corrected chi connectivity index (χ3v) is 4.83. The van der Waals surface area contributed by atoms with Crippen LogP contribution in [0.3, 0.4) is 0 Å². The topological polar surface area (TPSA) is 209 Å². The quantitative estimate of drug-likeness (QED) is 0.149. The summed E-state index contributed by atoms with van der Waals surface area (Å²) in [5.74, 6) is -10.7. The van der Waals surface area contributed by atoms with E-state index in [0.29, 0.717) is 12.8 Å². The van der Waals surface area contributed by atoms with Gasteiger partial charge >= 0.3 is 6.16 Å². The Labute approximate surface area is 157 Å². The summed E-state index contributed by atoms with van der Waals surface area (Å²) in [5, 5.41) is 80.5. The normalized spacial score (nSPS) is 22.3. The average Bonchev–Trinajstić information content (AvgIpc) is 3.18. The Morgan fingerprint density at radius 1 is 0.964 bits per heavy atom. The molecule has 1 aliphatic heterocycles. The molecule has 28 heavy (non-hydrogen) atoms. The van der Waals surface area contributed by atoms with Crippen molar-refractivity contribution < 1.29 is 55.1 Å². The van der Waals surface area contributed by atoms with Gasteiger partial charge in [0, 0.05) is 6.54 Å². The number of amides is 1. The number of hydrogen-bond acceptors (Lipinski definition) is 11. The Bertz CT molecular complexity index is 780. The van der Waals surface area contributed by atoms with Crippen LogP contribution in [0, 0.1) is 0 Å². The molecular formula is C16H21NO11. The minimum absolute atomic E-state index is 0.403. The van der Waals surface area contributed by atoms with Crippen LogP contribution in [0.5, 0.6) is 28.7 Å². The summed E-state index contributed by atoms with van der Waals surface area (Å²) in [6, 6.07) is 0. The van der Waals surface area contributed by atoms with Gasteiger partial charge in [-0.3, -0.25) is 4.79 Å². The number of hydrogen-bond donors (Lipinski definition) is 9. The van der Waals surface area contributed by atoms with Crippen LogP contribution in [0.4, 0.5) is 0 Å². The van der Waals surface area contributed by atoms with Crippen LogP contribution >= 0.6 is 0 Å². The summed E-state index contributed by atoms with van der Waals surface area (Å²) >= 11 is 0. The van der Waals surface area contributed by atoms with Gasteiger partial charge in [0.1, 0.15) is 0 Å². The van der Waals surface area contributed by atoms with Crippen molar-refractivity contribution in [2.45, 2.75) is 49.7 Å². The van der Waals surface area contributed by atoms with E-state index in [-0.39, 0.29) is 0 Å². The van der Waals surface area contributed by atoms with Crippen LogP contribution in [0.15, 0.2) is 0 Å². The zero-order chi connectivity index (χ0) is 20.9. The van der Waals surface area contributed by atoms with Crippen molar-refractivity contribution in [3.63, 3.8) is 0 Å². The minimum atomic E-state index is -3.78. The molecule has 12 heteroatoms. The van der Waals surface area contributed by atoms with Crippen molar-refractivity contribution in [3.05, 3.63) is 5.56 Å². The molecule has 1 heterocycles. The van der Waals surface area contributed by atoms with E-state index in [1.54, 1.807) is 0 Å². The van der Waals surface area contributed by atoms with E-state index < -0.39 is 70.7 Å². The van der Waals surface area contributed by atoms with Crippen LogP contribution in [-0.4, -0.2) is 71.4 Å². The Kier molecular flexibility index (Phi) is 4.93. The molecule has 0 bridgehead atoms. The molecule has 1 saturated carbocycles. The molecule has 3 rings (SSSR count). The summed E-state index contributed by atoms with van der Waals surface area (Å²) in [7, 11) is 0. The molecule has 0 spiro atoms. The highest BCUT2D eigenvalue weighted by molar-refractivity contribution is 5.88. The van der Waals surface area contributed by atoms with Crippen molar-refractivity contribution in [1.29, 1.82) is 0 Å². The first kappa shape index (κ1) is 20.2. The van der Waals surface area contributed by atoms with Gasteiger partial charge in [0.15, 0.2) is 11.5 Å². The van der Waals surface area contributed by atoms with E-state index >= 15 is 0 Å². The van der Waals surface area contributed by atoms with Crippen LogP contribution in [0.2, 0.25) is 0 Å². The lowest BCUT2D eigenvalue weighted by atomic mass is 9.90. The molecule has 0 radical (unpaired) electrons. The van der Waals surface area contributed by atoms with Gasteiger partial charge in [-0.25, -0.2) is 0 Å². The number of carbonyl (C=O) groups is 1. The number of carbonyl (C=O) groups excluding carboxylic acids is 1. The van der Waals surface area contributed by atoms with Gasteiger partial charge in [0.2, 0.25) is 17.2 Å². The first-order valence-electron chi connectivity index (χ1n) is 8.50. The lowest BCUT2D eigenvalue weighted by Crippen LogP contribution is -2.41. The molecule has 9 N–H and O–H groups in total. The molecule has 1 amide bonds. The summed E-state index contributed by atoms with van der Waals surface area (Å²) in [6.07, 6.45) is -1.52. The third-order valence-electron chi connectivity index (χ3n) is 4.83. The van der Waals surface area contributed by atoms with Gasteiger partial charge in [-0.1, -0.05) is 0 Å². The number of rotatable bonds is 5. The molecule has 0 aromatic heterocycles. The van der Waals surface area contributed by atoms with Crippen LogP contribution in [-0.2, 0) is 4.79 Å². The fourth-order valence-electron chi connectivity index (χ4n) is 3.46. The lowest BCUT2D eigenvalue weighted by Gasteiger charge is -2.27. The highest BCUT2D eigenvalue weighted by Gasteiger charge is 2.52. The Morgan fingerprint density at radius 3 is 2.07 bits per heavy atom. The number of aromatic hydroxyl groups is 3. The summed E-state index contributed by atoms with van der Waals surface area (Å²) < 4.78 is 9.96. The summed E-state index contributed by atoms with van der Waals surface area (Å²) in [4.78, 5) is 11.6. The SMILES string of the molecule is O=C1NCC(c2c(O)c(O)c(OC(O)(O)O)c(OC3CCCC3)c2O)C1(O)O. The molecule has 156 valence electrons. The molecule has 1 aliphatic carbocycles. The highest BCUT2D eigenvalue weighted by atomic mass is 16.9.